The van der Waals surface area contributed by atoms with E-state index in [4.69, 9.17) is 11.5 Å². The number of rotatable bonds is 2. The van der Waals surface area contributed by atoms with Gasteiger partial charge in [0, 0.05) is 11.6 Å². The van der Waals surface area contributed by atoms with Gasteiger partial charge in [-0.1, -0.05) is 6.08 Å². The number of carbonyl (C=O) groups is 1. The summed E-state index contributed by atoms with van der Waals surface area (Å²) in [5.41, 5.74) is 10.8. The van der Waals surface area contributed by atoms with E-state index in [1.54, 1.807) is 19.9 Å². The molecular weight excluding hydrogens is 116 g/mol. The van der Waals surface area contributed by atoms with Crippen LogP contribution in [0.1, 0.15) is 13.8 Å². The molecule has 9 heavy (non-hydrogen) atoms. The van der Waals surface area contributed by atoms with Crippen molar-refractivity contribution in [1.29, 1.82) is 0 Å². The summed E-state index contributed by atoms with van der Waals surface area (Å²) in [6.45, 7) is 3.43. The SMILES string of the molecule is C/C(=C\C(C)N)C(N)=O. The lowest BCUT2D eigenvalue weighted by molar-refractivity contribution is -0.114. The van der Waals surface area contributed by atoms with Crippen LogP contribution in [0.15, 0.2) is 11.6 Å². The monoisotopic (exact) mass is 128 g/mol. The molecule has 0 aliphatic carbocycles. The second-order valence-electron chi connectivity index (χ2n) is 2.07. The third kappa shape index (κ3) is 3.73. The molecule has 0 aliphatic rings. The molecular formula is C6H12N2O. The molecule has 0 rings (SSSR count). The molecule has 0 saturated heterocycles. The second-order valence-corrected chi connectivity index (χ2v) is 2.07. The largest absolute Gasteiger partial charge is 0.366 e. The van der Waals surface area contributed by atoms with Crippen LogP contribution < -0.4 is 11.5 Å². The summed E-state index contributed by atoms with van der Waals surface area (Å²) < 4.78 is 0. The zero-order valence-corrected chi connectivity index (χ0v) is 5.72. The van der Waals surface area contributed by atoms with Crippen molar-refractivity contribution in [2.45, 2.75) is 19.9 Å². The molecule has 1 unspecified atom stereocenters. The van der Waals surface area contributed by atoms with Gasteiger partial charge in [-0.2, -0.15) is 0 Å². The molecule has 1 atom stereocenters. The van der Waals surface area contributed by atoms with E-state index in [9.17, 15) is 4.79 Å². The maximum Gasteiger partial charge on any atom is 0.244 e. The van der Waals surface area contributed by atoms with Gasteiger partial charge >= 0.3 is 0 Å². The van der Waals surface area contributed by atoms with E-state index >= 15 is 0 Å². The topological polar surface area (TPSA) is 69.1 Å². The predicted molar refractivity (Wildman–Crippen MR) is 36.6 cm³/mol. The minimum atomic E-state index is -0.410. The Morgan fingerprint density at radius 3 is 2.22 bits per heavy atom. The van der Waals surface area contributed by atoms with Gasteiger partial charge in [0.15, 0.2) is 0 Å². The number of hydrogen-bond acceptors (Lipinski definition) is 2. The molecule has 4 N–H and O–H groups in total. The second kappa shape index (κ2) is 3.25. The van der Waals surface area contributed by atoms with Crippen LogP contribution in [0.25, 0.3) is 0 Å². The standard InChI is InChI=1S/C6H12N2O/c1-4(6(8)9)3-5(2)7/h3,5H,7H2,1-2H3,(H2,8,9)/b4-3+. The molecule has 3 nitrogen and oxygen atoms in total. The zero-order valence-electron chi connectivity index (χ0n) is 5.72. The Balaban J connectivity index is 4.00. The number of primary amides is 1. The summed E-state index contributed by atoms with van der Waals surface area (Å²) >= 11 is 0. The number of hydrogen-bond donors (Lipinski definition) is 2. The van der Waals surface area contributed by atoms with Crippen molar-refractivity contribution in [3.05, 3.63) is 11.6 Å². The number of amides is 1. The van der Waals surface area contributed by atoms with Crippen molar-refractivity contribution in [2.75, 3.05) is 0 Å². The lowest BCUT2D eigenvalue weighted by atomic mass is 10.2. The fraction of sp³-hybridized carbons (Fsp3) is 0.500. The minimum Gasteiger partial charge on any atom is -0.366 e. The van der Waals surface area contributed by atoms with Crippen molar-refractivity contribution in [3.63, 3.8) is 0 Å². The predicted octanol–water partition coefficient (Wildman–Crippen LogP) is -0.235. The van der Waals surface area contributed by atoms with E-state index in [0.29, 0.717) is 5.57 Å². The van der Waals surface area contributed by atoms with E-state index in [1.807, 2.05) is 0 Å². The third-order valence-corrected chi connectivity index (χ3v) is 0.902. The Morgan fingerprint density at radius 1 is 1.67 bits per heavy atom. The third-order valence-electron chi connectivity index (χ3n) is 0.902. The average molecular weight is 128 g/mol. The molecule has 1 amide bonds. The van der Waals surface area contributed by atoms with E-state index in [2.05, 4.69) is 0 Å². The van der Waals surface area contributed by atoms with E-state index in [0.717, 1.165) is 0 Å². The van der Waals surface area contributed by atoms with Gasteiger partial charge in [-0.3, -0.25) is 4.79 Å². The number of carbonyl (C=O) groups excluding carboxylic acids is 1. The van der Waals surface area contributed by atoms with Crippen molar-refractivity contribution >= 4 is 5.91 Å². The van der Waals surface area contributed by atoms with Crippen molar-refractivity contribution in [2.24, 2.45) is 11.5 Å². The summed E-state index contributed by atoms with van der Waals surface area (Å²) in [6.07, 6.45) is 1.63. The first-order chi connectivity index (χ1) is 4.04. The van der Waals surface area contributed by atoms with Crippen molar-refractivity contribution < 1.29 is 4.79 Å². The highest BCUT2D eigenvalue weighted by Crippen LogP contribution is 1.91. The van der Waals surface area contributed by atoms with E-state index < -0.39 is 5.91 Å². The van der Waals surface area contributed by atoms with Crippen LogP contribution in [0.3, 0.4) is 0 Å². The molecule has 0 aromatic heterocycles. The summed E-state index contributed by atoms with van der Waals surface area (Å²) in [5, 5.41) is 0. The fourth-order valence-corrected chi connectivity index (χ4v) is 0.476. The molecule has 0 saturated carbocycles. The lowest BCUT2D eigenvalue weighted by Crippen LogP contribution is -2.17. The Kier molecular flexibility index (Phi) is 2.95. The Labute approximate surface area is 54.7 Å². The summed E-state index contributed by atoms with van der Waals surface area (Å²) in [6, 6.07) is -0.0995. The van der Waals surface area contributed by atoms with Crippen LogP contribution in [0.2, 0.25) is 0 Å². The molecule has 0 radical (unpaired) electrons. The van der Waals surface area contributed by atoms with Crippen molar-refractivity contribution in [1.82, 2.24) is 0 Å². The van der Waals surface area contributed by atoms with Crippen LogP contribution in [-0.4, -0.2) is 11.9 Å². The molecule has 3 heteroatoms. The molecule has 0 aromatic rings. The van der Waals surface area contributed by atoms with Crippen molar-refractivity contribution in [3.8, 4) is 0 Å². The van der Waals surface area contributed by atoms with Crippen LogP contribution in [-0.2, 0) is 4.79 Å². The van der Waals surface area contributed by atoms with Gasteiger partial charge in [0.25, 0.3) is 0 Å². The Hall–Kier alpha value is -0.830. The molecule has 0 heterocycles. The maximum absolute atomic E-state index is 10.3. The lowest BCUT2D eigenvalue weighted by Gasteiger charge is -1.96. The van der Waals surface area contributed by atoms with E-state index in [-0.39, 0.29) is 6.04 Å². The smallest absolute Gasteiger partial charge is 0.244 e. The molecule has 0 fully saturated rings. The molecule has 0 aromatic carbocycles. The molecule has 0 spiro atoms. The van der Waals surface area contributed by atoms with Crippen LogP contribution in [0, 0.1) is 0 Å². The highest BCUT2D eigenvalue weighted by Gasteiger charge is 1.96. The first-order valence-electron chi connectivity index (χ1n) is 2.78. The molecule has 52 valence electrons. The molecule has 0 bridgehead atoms. The zero-order chi connectivity index (χ0) is 7.44. The van der Waals surface area contributed by atoms with Gasteiger partial charge in [-0.05, 0) is 13.8 Å². The van der Waals surface area contributed by atoms with Crippen LogP contribution >= 0.6 is 0 Å². The first kappa shape index (κ1) is 8.17. The number of nitrogens with two attached hydrogens (primary N) is 2. The summed E-state index contributed by atoms with van der Waals surface area (Å²) in [5.74, 6) is -0.410. The molecule has 0 aliphatic heterocycles. The van der Waals surface area contributed by atoms with Gasteiger partial charge in [0.2, 0.25) is 5.91 Å². The van der Waals surface area contributed by atoms with Crippen LogP contribution in [0.5, 0.6) is 0 Å². The van der Waals surface area contributed by atoms with E-state index in [1.165, 1.54) is 0 Å². The van der Waals surface area contributed by atoms with Gasteiger partial charge < -0.3 is 11.5 Å². The summed E-state index contributed by atoms with van der Waals surface area (Å²) in [4.78, 5) is 10.3. The first-order valence-corrected chi connectivity index (χ1v) is 2.78. The normalized spacial score (nSPS) is 15.2. The highest BCUT2D eigenvalue weighted by atomic mass is 16.1. The highest BCUT2D eigenvalue weighted by molar-refractivity contribution is 5.91. The quantitative estimate of drug-likeness (QED) is 0.504. The van der Waals surface area contributed by atoms with Gasteiger partial charge in [0.05, 0.1) is 0 Å². The van der Waals surface area contributed by atoms with Gasteiger partial charge in [0.1, 0.15) is 0 Å². The van der Waals surface area contributed by atoms with Crippen LogP contribution in [0.4, 0.5) is 0 Å². The summed E-state index contributed by atoms with van der Waals surface area (Å²) in [7, 11) is 0. The van der Waals surface area contributed by atoms with Gasteiger partial charge in [-0.25, -0.2) is 0 Å². The maximum atomic E-state index is 10.3. The Morgan fingerprint density at radius 2 is 2.11 bits per heavy atom. The fourth-order valence-electron chi connectivity index (χ4n) is 0.476. The van der Waals surface area contributed by atoms with Gasteiger partial charge in [-0.15, -0.1) is 0 Å². The minimum absolute atomic E-state index is 0.0995. The average Bonchev–Trinajstić information content (AvgIpc) is 1.63. The Bertz CT molecular complexity index is 138.